The number of carbonyl (C=O) groups is 2. The highest BCUT2D eigenvalue weighted by Gasteiger charge is 2.32. The summed E-state index contributed by atoms with van der Waals surface area (Å²) in [4.78, 5) is 24.2. The third-order valence-electron chi connectivity index (χ3n) is 3.00. The number of nitrogens with zero attached hydrogens (tertiary/aromatic N) is 2. The van der Waals surface area contributed by atoms with Gasteiger partial charge in [0.25, 0.3) is 0 Å². The molecule has 0 aliphatic carbocycles. The number of azo groups is 1. The summed E-state index contributed by atoms with van der Waals surface area (Å²) in [5.74, 6) is 0.358. The minimum Gasteiger partial charge on any atom is -0.354 e. The molecule has 6 nitrogen and oxygen atoms in total. The predicted molar refractivity (Wildman–Crippen MR) is 88.7 cm³/mol. The van der Waals surface area contributed by atoms with E-state index in [4.69, 9.17) is 0 Å². The molecule has 0 aromatic rings. The van der Waals surface area contributed by atoms with Crippen molar-refractivity contribution in [2.45, 2.75) is 66.5 Å². The third kappa shape index (κ3) is 7.52. The van der Waals surface area contributed by atoms with Gasteiger partial charge in [0.05, 0.1) is 0 Å². The maximum atomic E-state index is 12.1. The van der Waals surface area contributed by atoms with Gasteiger partial charge in [0.2, 0.25) is 11.8 Å². The fourth-order valence-corrected chi connectivity index (χ4v) is 1.37. The van der Waals surface area contributed by atoms with Crippen molar-refractivity contribution < 1.29 is 9.59 Å². The molecular weight excluding hydrogens is 280 g/mol. The molecule has 0 aromatic carbocycles. The van der Waals surface area contributed by atoms with Crippen LogP contribution in [-0.2, 0) is 9.59 Å². The highest BCUT2D eigenvalue weighted by atomic mass is 16.2. The first kappa shape index (κ1) is 20.5. The summed E-state index contributed by atoms with van der Waals surface area (Å²) < 4.78 is 0. The smallest absolute Gasteiger partial charge is 0.249 e. The van der Waals surface area contributed by atoms with Gasteiger partial charge in [-0.1, -0.05) is 27.7 Å². The lowest BCUT2D eigenvalue weighted by Crippen LogP contribution is -2.44. The molecule has 0 aromatic heterocycles. The van der Waals surface area contributed by atoms with E-state index in [0.29, 0.717) is 24.9 Å². The monoisotopic (exact) mass is 312 g/mol. The van der Waals surface area contributed by atoms with Crippen LogP contribution in [-0.4, -0.2) is 36.0 Å². The van der Waals surface area contributed by atoms with E-state index in [1.807, 2.05) is 27.7 Å². The lowest BCUT2D eigenvalue weighted by atomic mass is 10.0. The summed E-state index contributed by atoms with van der Waals surface area (Å²) in [5.41, 5.74) is -1.99. The molecular formula is C16H32N4O2. The lowest BCUT2D eigenvalue weighted by molar-refractivity contribution is -0.127. The van der Waals surface area contributed by atoms with Crippen molar-refractivity contribution in [1.29, 1.82) is 0 Å². The average molecular weight is 312 g/mol. The summed E-state index contributed by atoms with van der Waals surface area (Å²) in [6.07, 6.45) is 0. The Kier molecular flexibility index (Phi) is 7.70. The van der Waals surface area contributed by atoms with Crippen molar-refractivity contribution in [1.82, 2.24) is 10.6 Å². The quantitative estimate of drug-likeness (QED) is 0.675. The van der Waals surface area contributed by atoms with Crippen molar-refractivity contribution in [3.63, 3.8) is 0 Å². The zero-order valence-corrected chi connectivity index (χ0v) is 15.3. The Balaban J connectivity index is 4.76. The minimum atomic E-state index is -0.996. The van der Waals surface area contributed by atoms with Gasteiger partial charge < -0.3 is 10.6 Å². The summed E-state index contributed by atoms with van der Waals surface area (Å²) in [7, 11) is 0. The third-order valence-corrected chi connectivity index (χ3v) is 3.00. The second-order valence-corrected chi connectivity index (χ2v) is 7.53. The molecule has 0 unspecified atom stereocenters. The van der Waals surface area contributed by atoms with Gasteiger partial charge >= 0.3 is 0 Å². The maximum Gasteiger partial charge on any atom is 0.249 e. The van der Waals surface area contributed by atoms with Gasteiger partial charge in [0.15, 0.2) is 11.1 Å². The number of rotatable bonds is 8. The van der Waals surface area contributed by atoms with Gasteiger partial charge in [0, 0.05) is 13.1 Å². The normalized spacial score (nSPS) is 13.0. The van der Waals surface area contributed by atoms with Crippen LogP contribution in [0.2, 0.25) is 0 Å². The standard InChI is InChI=1S/C16H32N4O2/c1-11(2)9-17-13(21)15(5,6)19-20-16(7,8)14(22)18-10-12(3)4/h11-12H,9-10H2,1-8H3,(H,17,21)(H,18,22)/b20-19+. The molecule has 0 saturated heterocycles. The molecule has 128 valence electrons. The van der Waals surface area contributed by atoms with Gasteiger partial charge in [-0.25, -0.2) is 0 Å². The van der Waals surface area contributed by atoms with Crippen LogP contribution >= 0.6 is 0 Å². The summed E-state index contributed by atoms with van der Waals surface area (Å²) in [6, 6.07) is 0. The van der Waals surface area contributed by atoms with Crippen molar-refractivity contribution >= 4 is 11.8 Å². The van der Waals surface area contributed by atoms with E-state index >= 15 is 0 Å². The van der Waals surface area contributed by atoms with Crippen molar-refractivity contribution in [3.8, 4) is 0 Å². The van der Waals surface area contributed by atoms with Gasteiger partial charge in [-0.2, -0.15) is 10.2 Å². The number of hydrogen-bond acceptors (Lipinski definition) is 4. The molecule has 0 fully saturated rings. The molecule has 0 spiro atoms. The van der Waals surface area contributed by atoms with E-state index in [9.17, 15) is 9.59 Å². The van der Waals surface area contributed by atoms with Crippen LogP contribution in [0.1, 0.15) is 55.4 Å². The number of amides is 2. The Bertz CT molecular complexity index is 374. The Labute approximate surface area is 134 Å². The largest absolute Gasteiger partial charge is 0.354 e. The number of nitrogens with one attached hydrogen (secondary N) is 2. The molecule has 0 rings (SSSR count). The van der Waals surface area contributed by atoms with Crippen LogP contribution in [0.25, 0.3) is 0 Å². The Morgan fingerprint density at radius 3 is 1.27 bits per heavy atom. The van der Waals surface area contributed by atoms with E-state index in [0.717, 1.165) is 0 Å². The number of carbonyl (C=O) groups excluding carboxylic acids is 2. The van der Waals surface area contributed by atoms with E-state index in [2.05, 4.69) is 20.9 Å². The maximum absolute atomic E-state index is 12.1. The molecule has 0 aliphatic rings. The highest BCUT2D eigenvalue weighted by molar-refractivity contribution is 5.86. The highest BCUT2D eigenvalue weighted by Crippen LogP contribution is 2.16. The molecule has 0 radical (unpaired) electrons. The lowest BCUT2D eigenvalue weighted by Gasteiger charge is -2.23. The van der Waals surface area contributed by atoms with Crippen LogP contribution in [0.3, 0.4) is 0 Å². The van der Waals surface area contributed by atoms with Gasteiger partial charge in [0.1, 0.15) is 0 Å². The fraction of sp³-hybridized carbons (Fsp3) is 0.875. The van der Waals surface area contributed by atoms with Crippen LogP contribution in [0, 0.1) is 11.8 Å². The first-order valence-electron chi connectivity index (χ1n) is 7.89. The molecule has 0 aliphatic heterocycles. The van der Waals surface area contributed by atoms with Crippen LogP contribution < -0.4 is 10.6 Å². The van der Waals surface area contributed by atoms with Gasteiger partial charge in [-0.05, 0) is 39.5 Å². The van der Waals surface area contributed by atoms with Gasteiger partial charge in [-0.15, -0.1) is 0 Å². The van der Waals surface area contributed by atoms with Crippen molar-refractivity contribution in [2.24, 2.45) is 22.1 Å². The predicted octanol–water partition coefficient (Wildman–Crippen LogP) is 2.54. The van der Waals surface area contributed by atoms with Crippen molar-refractivity contribution in [3.05, 3.63) is 0 Å². The molecule has 2 amide bonds. The summed E-state index contributed by atoms with van der Waals surface area (Å²) in [6.45, 7) is 16.0. The van der Waals surface area contributed by atoms with E-state index in [1.54, 1.807) is 27.7 Å². The van der Waals surface area contributed by atoms with Crippen LogP contribution in [0.15, 0.2) is 10.2 Å². The molecule has 22 heavy (non-hydrogen) atoms. The van der Waals surface area contributed by atoms with Gasteiger partial charge in [-0.3, -0.25) is 9.59 Å². The van der Waals surface area contributed by atoms with Crippen LogP contribution in [0.4, 0.5) is 0 Å². The molecule has 6 heteroatoms. The van der Waals surface area contributed by atoms with Crippen LogP contribution in [0.5, 0.6) is 0 Å². The molecule has 0 bridgehead atoms. The van der Waals surface area contributed by atoms with Crippen molar-refractivity contribution in [2.75, 3.05) is 13.1 Å². The van der Waals surface area contributed by atoms with E-state index in [1.165, 1.54) is 0 Å². The Morgan fingerprint density at radius 1 is 0.773 bits per heavy atom. The first-order valence-corrected chi connectivity index (χ1v) is 7.89. The summed E-state index contributed by atoms with van der Waals surface area (Å²) >= 11 is 0. The summed E-state index contributed by atoms with van der Waals surface area (Å²) in [5, 5.41) is 13.9. The molecule has 2 N–H and O–H groups in total. The second kappa shape index (κ2) is 8.25. The molecule has 0 saturated carbocycles. The number of hydrogen-bond donors (Lipinski definition) is 2. The second-order valence-electron chi connectivity index (χ2n) is 7.53. The Hall–Kier alpha value is -1.46. The zero-order valence-electron chi connectivity index (χ0n) is 15.3. The molecule has 0 atom stereocenters. The Morgan fingerprint density at radius 2 is 1.05 bits per heavy atom. The van der Waals surface area contributed by atoms with E-state index in [-0.39, 0.29) is 11.8 Å². The topological polar surface area (TPSA) is 82.9 Å². The zero-order chi connectivity index (χ0) is 17.6. The minimum absolute atomic E-state index is 0.191. The first-order chi connectivity index (χ1) is 9.88. The molecule has 0 heterocycles. The van der Waals surface area contributed by atoms with E-state index < -0.39 is 11.1 Å². The SMILES string of the molecule is CC(C)CNC(=O)C(C)(C)/N=N/C(C)(C)C(=O)NCC(C)C. The fourth-order valence-electron chi connectivity index (χ4n) is 1.37. The average Bonchev–Trinajstić information content (AvgIpc) is 2.39.